The maximum atomic E-state index is 5.46. The van der Waals surface area contributed by atoms with E-state index in [2.05, 4.69) is 184 Å². The minimum absolute atomic E-state index is 0.545. The van der Waals surface area contributed by atoms with Crippen LogP contribution in [0.5, 0.6) is 0 Å². The lowest BCUT2D eigenvalue weighted by atomic mass is 10.1. The molecule has 0 aliphatic rings. The third kappa shape index (κ3) is 4.32. The molecular formula is C50H29N7S. The summed E-state index contributed by atoms with van der Waals surface area (Å²) in [6, 6.07) is 59.7. The van der Waals surface area contributed by atoms with Gasteiger partial charge in [-0.25, -0.2) is 4.98 Å². The van der Waals surface area contributed by atoms with Gasteiger partial charge in [-0.3, -0.25) is 13.7 Å². The molecule has 0 saturated carbocycles. The van der Waals surface area contributed by atoms with Gasteiger partial charge < -0.3 is 0 Å². The normalized spacial score (nSPS) is 12.1. The summed E-state index contributed by atoms with van der Waals surface area (Å²) in [6.45, 7) is 0. The molecule has 7 aromatic carbocycles. The number of hydrogen-bond donors (Lipinski definition) is 0. The number of pyridine rings is 1. The number of thiophene rings is 1. The van der Waals surface area contributed by atoms with Crippen molar-refractivity contribution >= 4 is 96.9 Å². The van der Waals surface area contributed by atoms with Crippen molar-refractivity contribution < 1.29 is 0 Å². The molecule has 0 aliphatic carbocycles. The molecule has 6 aromatic heterocycles. The van der Waals surface area contributed by atoms with Crippen molar-refractivity contribution in [3.8, 4) is 29.1 Å². The fourth-order valence-corrected chi connectivity index (χ4v) is 10.3. The molecule has 0 amide bonds. The molecule has 0 bridgehead atoms. The van der Waals surface area contributed by atoms with Crippen LogP contribution >= 0.6 is 11.3 Å². The van der Waals surface area contributed by atoms with Gasteiger partial charge >= 0.3 is 0 Å². The van der Waals surface area contributed by atoms with Gasteiger partial charge in [0, 0.05) is 59.6 Å². The quantitative estimate of drug-likeness (QED) is 0.179. The summed E-state index contributed by atoms with van der Waals surface area (Å²) in [7, 11) is 0. The summed E-state index contributed by atoms with van der Waals surface area (Å²) in [5.41, 5.74) is 7.07. The van der Waals surface area contributed by atoms with Gasteiger partial charge in [0.15, 0.2) is 11.6 Å². The first-order chi connectivity index (χ1) is 28.8. The second-order valence-corrected chi connectivity index (χ2v) is 15.7. The van der Waals surface area contributed by atoms with Crippen LogP contribution < -0.4 is 0 Å². The molecule has 13 rings (SSSR count). The zero-order chi connectivity index (χ0) is 37.9. The van der Waals surface area contributed by atoms with E-state index in [0.29, 0.717) is 17.7 Å². The van der Waals surface area contributed by atoms with Gasteiger partial charge in [-0.2, -0.15) is 15.0 Å². The summed E-state index contributed by atoms with van der Waals surface area (Å²) < 4.78 is 9.05. The second-order valence-electron chi connectivity index (χ2n) is 14.7. The van der Waals surface area contributed by atoms with Crippen molar-refractivity contribution in [3.63, 3.8) is 0 Å². The number of hydrogen-bond acceptors (Lipinski definition) is 5. The Bertz CT molecular complexity index is 3590. The molecule has 7 nitrogen and oxygen atoms in total. The smallest absolute Gasteiger partial charge is 0.240 e. The van der Waals surface area contributed by atoms with Gasteiger partial charge in [0.05, 0.1) is 37.8 Å². The predicted octanol–water partition coefficient (Wildman–Crippen LogP) is 12.6. The van der Waals surface area contributed by atoms with Gasteiger partial charge in [0.2, 0.25) is 11.9 Å². The Labute approximate surface area is 334 Å². The maximum absolute atomic E-state index is 5.46. The minimum Gasteiger partial charge on any atom is -0.292 e. The van der Waals surface area contributed by atoms with E-state index in [9.17, 15) is 0 Å². The van der Waals surface area contributed by atoms with E-state index >= 15 is 0 Å². The van der Waals surface area contributed by atoms with E-state index in [0.717, 1.165) is 81.5 Å². The Hall–Kier alpha value is -7.68. The Balaban J connectivity index is 1.18. The first-order valence-electron chi connectivity index (χ1n) is 19.3. The topological polar surface area (TPSA) is 66.3 Å². The average molecular weight is 760 g/mol. The van der Waals surface area contributed by atoms with E-state index < -0.39 is 0 Å². The van der Waals surface area contributed by atoms with E-state index in [1.54, 1.807) is 11.3 Å². The molecule has 0 saturated heterocycles. The SMILES string of the molecule is c1ccc2c(c1)sc1c(-n3c4ccccc4c4cccc(-c5nc(-n6c7ccccc7c7ccccc76)nc(-n6c7ccccc7c7ccccc76)n5)c43)nccc12. The molecule has 13 aromatic rings. The lowest BCUT2D eigenvalue weighted by Gasteiger charge is -2.14. The first kappa shape index (κ1) is 31.5. The van der Waals surface area contributed by atoms with Crippen molar-refractivity contribution in [2.75, 3.05) is 0 Å². The zero-order valence-corrected chi connectivity index (χ0v) is 31.6. The molecule has 270 valence electrons. The van der Waals surface area contributed by atoms with Crippen LogP contribution in [0.15, 0.2) is 176 Å². The third-order valence-electron chi connectivity index (χ3n) is 11.6. The van der Waals surface area contributed by atoms with Crippen LogP contribution in [0.1, 0.15) is 0 Å². The zero-order valence-electron chi connectivity index (χ0n) is 30.8. The molecule has 0 spiro atoms. The number of nitrogens with zero attached hydrogens (tertiary/aromatic N) is 7. The van der Waals surface area contributed by atoms with Crippen molar-refractivity contribution in [3.05, 3.63) is 176 Å². The largest absolute Gasteiger partial charge is 0.292 e. The molecular weight excluding hydrogens is 731 g/mol. The Morgan fingerprint density at radius 2 is 0.810 bits per heavy atom. The highest BCUT2D eigenvalue weighted by molar-refractivity contribution is 7.26. The summed E-state index contributed by atoms with van der Waals surface area (Å²) in [4.78, 5) is 21.5. The first-order valence-corrected chi connectivity index (χ1v) is 20.1. The standard InChI is InChI=1S/C50H29N7S/c1-7-22-39-30(14-1)31-15-2-8-23-40(31)55(39)49-52-47(53-50(54-49)56-41-24-9-3-16-32(41)33-17-4-10-25-42(33)56)38-21-13-20-36-34-18-5-11-26-43(34)57(45(36)38)48-46-37(28-29-51-48)35-19-6-12-27-44(35)58-46/h1-29H. The van der Waals surface area contributed by atoms with Crippen LogP contribution in [-0.2, 0) is 0 Å². The molecule has 0 aliphatic heterocycles. The Kier molecular flexibility index (Phi) is 6.47. The van der Waals surface area contributed by atoms with E-state index in [1.165, 1.54) is 15.5 Å². The van der Waals surface area contributed by atoms with Crippen LogP contribution in [0.4, 0.5) is 0 Å². The molecule has 58 heavy (non-hydrogen) atoms. The maximum Gasteiger partial charge on any atom is 0.240 e. The van der Waals surface area contributed by atoms with Gasteiger partial charge in [0.25, 0.3) is 0 Å². The molecule has 0 N–H and O–H groups in total. The highest BCUT2D eigenvalue weighted by Crippen LogP contribution is 2.42. The number of aromatic nitrogens is 7. The van der Waals surface area contributed by atoms with Crippen LogP contribution in [-0.4, -0.2) is 33.6 Å². The van der Waals surface area contributed by atoms with Crippen LogP contribution in [0, 0.1) is 0 Å². The minimum atomic E-state index is 0.545. The van der Waals surface area contributed by atoms with Crippen molar-refractivity contribution in [2.24, 2.45) is 0 Å². The van der Waals surface area contributed by atoms with E-state index in [-0.39, 0.29) is 0 Å². The van der Waals surface area contributed by atoms with Gasteiger partial charge in [-0.1, -0.05) is 121 Å². The van der Waals surface area contributed by atoms with E-state index in [1.807, 2.05) is 6.20 Å². The molecule has 0 fully saturated rings. The number of benzene rings is 7. The van der Waals surface area contributed by atoms with Gasteiger partial charge in [-0.05, 0) is 48.5 Å². The summed E-state index contributed by atoms with van der Waals surface area (Å²) >= 11 is 1.78. The molecule has 6 heterocycles. The van der Waals surface area contributed by atoms with Crippen LogP contribution in [0.3, 0.4) is 0 Å². The molecule has 0 radical (unpaired) electrons. The monoisotopic (exact) mass is 759 g/mol. The highest BCUT2D eigenvalue weighted by Gasteiger charge is 2.24. The van der Waals surface area contributed by atoms with Gasteiger partial charge in [0.1, 0.15) is 0 Å². The lowest BCUT2D eigenvalue weighted by Crippen LogP contribution is -2.10. The fraction of sp³-hybridized carbons (Fsp3) is 0. The number of rotatable bonds is 4. The van der Waals surface area contributed by atoms with Crippen molar-refractivity contribution in [1.82, 2.24) is 33.6 Å². The third-order valence-corrected chi connectivity index (χ3v) is 12.8. The Morgan fingerprint density at radius 3 is 1.36 bits per heavy atom. The average Bonchev–Trinajstić information content (AvgIpc) is 4.03. The van der Waals surface area contributed by atoms with Crippen LogP contribution in [0.2, 0.25) is 0 Å². The van der Waals surface area contributed by atoms with E-state index in [4.69, 9.17) is 19.9 Å². The Morgan fingerprint density at radius 1 is 0.362 bits per heavy atom. The molecule has 0 atom stereocenters. The van der Waals surface area contributed by atoms with Crippen molar-refractivity contribution in [2.45, 2.75) is 0 Å². The van der Waals surface area contributed by atoms with Crippen LogP contribution in [0.25, 0.3) is 115 Å². The summed E-state index contributed by atoms with van der Waals surface area (Å²) in [5.74, 6) is 2.55. The number of para-hydroxylation sites is 6. The van der Waals surface area contributed by atoms with Gasteiger partial charge in [-0.15, -0.1) is 11.3 Å². The van der Waals surface area contributed by atoms with Crippen molar-refractivity contribution in [1.29, 1.82) is 0 Å². The summed E-state index contributed by atoms with van der Waals surface area (Å²) in [5, 5.41) is 9.23. The summed E-state index contributed by atoms with van der Waals surface area (Å²) in [6.07, 6.45) is 1.93. The fourth-order valence-electron chi connectivity index (χ4n) is 9.17. The number of fused-ring (bicyclic) bond motifs is 12. The molecule has 8 heteroatoms. The molecule has 0 unspecified atom stereocenters. The highest BCUT2D eigenvalue weighted by atomic mass is 32.1. The predicted molar refractivity (Wildman–Crippen MR) is 239 cm³/mol. The second kappa shape index (κ2) is 11.9. The lowest BCUT2D eigenvalue weighted by molar-refractivity contribution is 0.893.